The summed E-state index contributed by atoms with van der Waals surface area (Å²) >= 11 is 5.73. The van der Waals surface area contributed by atoms with Crippen LogP contribution in [-0.4, -0.2) is 22.4 Å². The summed E-state index contributed by atoms with van der Waals surface area (Å²) in [5.74, 6) is -1.96. The van der Waals surface area contributed by atoms with E-state index in [0.29, 0.717) is 5.02 Å². The van der Waals surface area contributed by atoms with Gasteiger partial charge in [-0.05, 0) is 25.1 Å². The fourth-order valence-corrected chi connectivity index (χ4v) is 1.91. The fourth-order valence-electron chi connectivity index (χ4n) is 1.74. The van der Waals surface area contributed by atoms with Gasteiger partial charge < -0.3 is 10.5 Å². The van der Waals surface area contributed by atoms with Gasteiger partial charge in [-0.3, -0.25) is 9.59 Å². The van der Waals surface area contributed by atoms with Crippen LogP contribution in [0.2, 0.25) is 5.02 Å². The molecule has 1 aliphatic carbocycles. The molecule has 2 rings (SSSR count). The molecule has 0 aromatic heterocycles. The van der Waals surface area contributed by atoms with Crippen molar-refractivity contribution in [1.29, 1.82) is 5.41 Å². The van der Waals surface area contributed by atoms with Crippen LogP contribution in [0.1, 0.15) is 22.8 Å². The summed E-state index contributed by atoms with van der Waals surface area (Å²) in [6.45, 7) is 1.34. The molecule has 86 valence electrons. The Morgan fingerprint density at radius 2 is 1.88 bits per heavy atom. The van der Waals surface area contributed by atoms with Crippen LogP contribution in [0.4, 0.5) is 0 Å². The van der Waals surface area contributed by atoms with Crippen LogP contribution < -0.4 is 0 Å². The maximum atomic E-state index is 11.8. The first-order chi connectivity index (χ1) is 7.93. The Labute approximate surface area is 102 Å². The van der Waals surface area contributed by atoms with Crippen molar-refractivity contribution < 1.29 is 14.7 Å². The van der Waals surface area contributed by atoms with Gasteiger partial charge in [0.1, 0.15) is 5.76 Å². The number of rotatable bonds is 1. The number of benzene rings is 1. The van der Waals surface area contributed by atoms with E-state index in [-0.39, 0.29) is 28.2 Å². The summed E-state index contributed by atoms with van der Waals surface area (Å²) in [6.07, 6.45) is 0. The van der Waals surface area contributed by atoms with E-state index in [1.807, 2.05) is 0 Å². The predicted octanol–water partition coefficient (Wildman–Crippen LogP) is 2.41. The van der Waals surface area contributed by atoms with E-state index >= 15 is 0 Å². The maximum absolute atomic E-state index is 11.8. The molecule has 5 heteroatoms. The highest BCUT2D eigenvalue weighted by atomic mass is 35.5. The number of hydrogen-bond acceptors (Lipinski definition) is 4. The van der Waals surface area contributed by atoms with E-state index in [0.717, 1.165) is 0 Å². The number of halogens is 1. The molecule has 17 heavy (non-hydrogen) atoms. The molecule has 0 aliphatic heterocycles. The lowest BCUT2D eigenvalue weighted by Crippen LogP contribution is -2.27. The van der Waals surface area contributed by atoms with Gasteiger partial charge in [0, 0.05) is 21.9 Å². The monoisotopic (exact) mass is 249 g/mol. The smallest absolute Gasteiger partial charge is 0.239 e. The summed E-state index contributed by atoms with van der Waals surface area (Å²) in [5, 5.41) is 17.6. The second-order valence-corrected chi connectivity index (χ2v) is 4.13. The topological polar surface area (TPSA) is 78.2 Å². The Balaban J connectivity index is 2.79. The third-order valence-corrected chi connectivity index (χ3v) is 2.76. The Morgan fingerprint density at radius 3 is 2.47 bits per heavy atom. The number of ketones is 2. The molecule has 0 saturated carbocycles. The van der Waals surface area contributed by atoms with Gasteiger partial charge in [-0.1, -0.05) is 11.6 Å². The molecular weight excluding hydrogens is 242 g/mol. The number of nitrogens with one attached hydrogen (secondary N) is 1. The molecule has 0 heterocycles. The first-order valence-corrected chi connectivity index (χ1v) is 5.19. The third kappa shape index (κ3) is 1.66. The lowest BCUT2D eigenvalue weighted by molar-refractivity contribution is -0.111. The summed E-state index contributed by atoms with van der Waals surface area (Å²) in [6, 6.07) is 4.31. The fraction of sp³-hybridized carbons (Fsp3) is 0.0833. The highest BCUT2D eigenvalue weighted by Crippen LogP contribution is 2.30. The van der Waals surface area contributed by atoms with Crippen LogP contribution in [0.3, 0.4) is 0 Å². The van der Waals surface area contributed by atoms with Crippen molar-refractivity contribution in [3.63, 3.8) is 0 Å². The Kier molecular flexibility index (Phi) is 2.59. The molecule has 0 bridgehead atoms. The molecule has 0 spiro atoms. The van der Waals surface area contributed by atoms with Gasteiger partial charge in [-0.15, -0.1) is 0 Å². The van der Waals surface area contributed by atoms with Gasteiger partial charge in [0.05, 0.1) is 5.57 Å². The molecule has 2 N–H and O–H groups in total. The SMILES string of the molecule is CC(=N)C1=C(O)c2ccc(Cl)cc2C(=O)C1=O. The molecule has 1 aliphatic rings. The molecule has 4 nitrogen and oxygen atoms in total. The normalized spacial score (nSPS) is 14.9. The Hall–Kier alpha value is -1.94. The average Bonchev–Trinajstić information content (AvgIpc) is 2.25. The zero-order valence-corrected chi connectivity index (χ0v) is 9.63. The first kappa shape index (κ1) is 11.5. The number of aliphatic hydroxyl groups is 1. The number of carbonyl (C=O) groups is 2. The average molecular weight is 250 g/mol. The summed E-state index contributed by atoms with van der Waals surface area (Å²) in [4.78, 5) is 23.5. The van der Waals surface area contributed by atoms with Crippen LogP contribution >= 0.6 is 11.6 Å². The first-order valence-electron chi connectivity index (χ1n) is 4.81. The quantitative estimate of drug-likeness (QED) is 0.593. The van der Waals surface area contributed by atoms with E-state index in [2.05, 4.69) is 0 Å². The van der Waals surface area contributed by atoms with E-state index < -0.39 is 11.6 Å². The molecule has 0 amide bonds. The second kappa shape index (κ2) is 3.82. The van der Waals surface area contributed by atoms with E-state index in [1.54, 1.807) is 0 Å². The highest BCUT2D eigenvalue weighted by molar-refractivity contribution is 6.57. The summed E-state index contributed by atoms with van der Waals surface area (Å²) in [7, 11) is 0. The van der Waals surface area contributed by atoms with Crippen molar-refractivity contribution in [3.8, 4) is 0 Å². The molecule has 1 aromatic rings. The van der Waals surface area contributed by atoms with Gasteiger partial charge in [0.2, 0.25) is 11.6 Å². The summed E-state index contributed by atoms with van der Waals surface area (Å²) < 4.78 is 0. The summed E-state index contributed by atoms with van der Waals surface area (Å²) in [5.41, 5.74) is -0.0723. The van der Waals surface area contributed by atoms with Crippen LogP contribution in [0.15, 0.2) is 23.8 Å². The van der Waals surface area contributed by atoms with Crippen molar-refractivity contribution in [1.82, 2.24) is 0 Å². The second-order valence-electron chi connectivity index (χ2n) is 3.70. The van der Waals surface area contributed by atoms with Crippen molar-refractivity contribution in [2.75, 3.05) is 0 Å². The Bertz CT molecular complexity index is 602. The number of aliphatic hydroxyl groups excluding tert-OH is 1. The number of fused-ring (bicyclic) bond motifs is 1. The Morgan fingerprint density at radius 1 is 1.24 bits per heavy atom. The van der Waals surface area contributed by atoms with Gasteiger partial charge in [-0.25, -0.2) is 0 Å². The molecule has 0 radical (unpaired) electrons. The van der Waals surface area contributed by atoms with Crippen LogP contribution in [0.5, 0.6) is 0 Å². The molecular formula is C12H8ClNO3. The molecule has 0 saturated heterocycles. The van der Waals surface area contributed by atoms with Gasteiger partial charge in [0.25, 0.3) is 0 Å². The van der Waals surface area contributed by atoms with E-state index in [9.17, 15) is 14.7 Å². The lowest BCUT2D eigenvalue weighted by Gasteiger charge is -2.17. The van der Waals surface area contributed by atoms with Crippen LogP contribution in [-0.2, 0) is 4.79 Å². The zero-order chi connectivity index (χ0) is 12.7. The largest absolute Gasteiger partial charge is 0.506 e. The van der Waals surface area contributed by atoms with Crippen LogP contribution in [0.25, 0.3) is 5.76 Å². The number of allylic oxidation sites excluding steroid dienone is 1. The number of carbonyl (C=O) groups excluding carboxylic acids is 2. The third-order valence-electron chi connectivity index (χ3n) is 2.53. The molecule has 0 fully saturated rings. The predicted molar refractivity (Wildman–Crippen MR) is 63.7 cm³/mol. The van der Waals surface area contributed by atoms with Gasteiger partial charge in [-0.2, -0.15) is 0 Å². The van der Waals surface area contributed by atoms with Gasteiger partial charge >= 0.3 is 0 Å². The molecule has 0 atom stereocenters. The standard InChI is InChI=1S/C12H8ClNO3/c1-5(14)9-10(15)7-3-2-6(13)4-8(7)11(16)12(9)17/h2-4,14-15H,1H3. The van der Waals surface area contributed by atoms with Crippen molar-refractivity contribution in [3.05, 3.63) is 39.9 Å². The molecule has 0 unspecified atom stereocenters. The highest BCUT2D eigenvalue weighted by Gasteiger charge is 2.33. The minimum absolute atomic E-state index is 0.0741. The zero-order valence-electron chi connectivity index (χ0n) is 8.87. The maximum Gasteiger partial charge on any atom is 0.239 e. The van der Waals surface area contributed by atoms with Crippen molar-refractivity contribution in [2.45, 2.75) is 6.92 Å². The van der Waals surface area contributed by atoms with Crippen molar-refractivity contribution >= 4 is 34.6 Å². The van der Waals surface area contributed by atoms with Crippen molar-refractivity contribution in [2.24, 2.45) is 0 Å². The molecule has 1 aromatic carbocycles. The van der Waals surface area contributed by atoms with E-state index in [1.165, 1.54) is 25.1 Å². The van der Waals surface area contributed by atoms with E-state index in [4.69, 9.17) is 17.0 Å². The number of Topliss-reactive ketones (excluding diaryl/α,β-unsaturated/α-hetero) is 2. The minimum Gasteiger partial charge on any atom is -0.506 e. The lowest BCUT2D eigenvalue weighted by atomic mass is 9.87. The minimum atomic E-state index is -0.871. The number of hydrogen-bond donors (Lipinski definition) is 2. The van der Waals surface area contributed by atoms with Crippen LogP contribution in [0, 0.1) is 5.41 Å². The van der Waals surface area contributed by atoms with Gasteiger partial charge in [0.15, 0.2) is 0 Å².